The summed E-state index contributed by atoms with van der Waals surface area (Å²) in [5, 5.41) is 11.4. The SMILES string of the molecule is CNCCOc1cnc(Oc2ccc3ncnc(Nc4ccn(C)n4)c3c2)c(C)c1.Cl. The summed E-state index contributed by atoms with van der Waals surface area (Å²) in [4.78, 5) is 13.1. The van der Waals surface area contributed by atoms with E-state index in [9.17, 15) is 0 Å². The molecule has 0 aliphatic carbocycles. The number of nitrogens with zero attached hydrogens (tertiary/aromatic N) is 5. The molecule has 0 atom stereocenters. The van der Waals surface area contributed by atoms with Gasteiger partial charge < -0.3 is 20.1 Å². The maximum Gasteiger partial charge on any atom is 0.222 e. The molecular weight excluding hydrogens is 418 g/mol. The second-order valence-corrected chi connectivity index (χ2v) is 6.75. The van der Waals surface area contributed by atoms with E-state index in [4.69, 9.17) is 9.47 Å². The molecule has 0 saturated heterocycles. The highest BCUT2D eigenvalue weighted by Crippen LogP contribution is 2.30. The van der Waals surface area contributed by atoms with Gasteiger partial charge in [-0.3, -0.25) is 4.68 Å². The first kappa shape index (κ1) is 22.3. The molecule has 3 heterocycles. The number of halogens is 1. The number of aromatic nitrogens is 5. The number of fused-ring (bicyclic) bond motifs is 1. The Hall–Kier alpha value is -3.43. The van der Waals surface area contributed by atoms with Crippen molar-refractivity contribution in [1.82, 2.24) is 30.0 Å². The predicted molar refractivity (Wildman–Crippen MR) is 122 cm³/mol. The van der Waals surface area contributed by atoms with E-state index in [2.05, 4.69) is 30.7 Å². The van der Waals surface area contributed by atoms with Gasteiger partial charge in [0.1, 0.15) is 30.3 Å². The molecule has 1 aromatic carbocycles. The summed E-state index contributed by atoms with van der Waals surface area (Å²) in [5.74, 6) is 3.23. The number of benzene rings is 1. The van der Waals surface area contributed by atoms with E-state index in [1.165, 1.54) is 6.33 Å². The van der Waals surface area contributed by atoms with E-state index in [1.807, 2.05) is 57.5 Å². The number of pyridine rings is 1. The van der Waals surface area contributed by atoms with Gasteiger partial charge in [-0.1, -0.05) is 0 Å². The highest BCUT2D eigenvalue weighted by Gasteiger charge is 2.10. The van der Waals surface area contributed by atoms with Gasteiger partial charge in [0, 0.05) is 36.8 Å². The van der Waals surface area contributed by atoms with Crippen LogP contribution in [0.2, 0.25) is 0 Å². The number of aryl methyl sites for hydroxylation is 2. The van der Waals surface area contributed by atoms with Crippen molar-refractivity contribution in [3.05, 3.63) is 54.6 Å². The smallest absolute Gasteiger partial charge is 0.222 e. The van der Waals surface area contributed by atoms with Crippen LogP contribution in [-0.2, 0) is 7.05 Å². The van der Waals surface area contributed by atoms with Gasteiger partial charge in [0.15, 0.2) is 5.82 Å². The average Bonchev–Trinajstić information content (AvgIpc) is 3.15. The second kappa shape index (κ2) is 10.1. The van der Waals surface area contributed by atoms with Crippen molar-refractivity contribution in [3.8, 4) is 17.4 Å². The molecule has 31 heavy (non-hydrogen) atoms. The van der Waals surface area contributed by atoms with Crippen LogP contribution in [0.1, 0.15) is 5.56 Å². The Morgan fingerprint density at radius 2 is 1.94 bits per heavy atom. The van der Waals surface area contributed by atoms with Crippen molar-refractivity contribution in [3.63, 3.8) is 0 Å². The van der Waals surface area contributed by atoms with Gasteiger partial charge in [-0.2, -0.15) is 5.10 Å². The third kappa shape index (κ3) is 5.39. The maximum atomic E-state index is 6.03. The van der Waals surface area contributed by atoms with Gasteiger partial charge in [-0.05, 0) is 38.2 Å². The number of rotatable bonds is 8. The molecule has 0 aliphatic rings. The van der Waals surface area contributed by atoms with Crippen molar-refractivity contribution in [2.75, 3.05) is 25.5 Å². The molecule has 0 saturated carbocycles. The van der Waals surface area contributed by atoms with Crippen LogP contribution in [0.4, 0.5) is 11.6 Å². The van der Waals surface area contributed by atoms with Crippen LogP contribution in [0.15, 0.2) is 49.1 Å². The molecule has 2 N–H and O–H groups in total. The lowest BCUT2D eigenvalue weighted by molar-refractivity contribution is 0.315. The minimum absolute atomic E-state index is 0. The van der Waals surface area contributed by atoms with Crippen molar-refractivity contribution in [2.45, 2.75) is 6.92 Å². The maximum absolute atomic E-state index is 6.03. The van der Waals surface area contributed by atoms with Gasteiger partial charge in [0.25, 0.3) is 0 Å². The molecule has 0 aliphatic heterocycles. The highest BCUT2D eigenvalue weighted by molar-refractivity contribution is 5.91. The fourth-order valence-electron chi connectivity index (χ4n) is 2.91. The van der Waals surface area contributed by atoms with Crippen LogP contribution in [0.25, 0.3) is 10.9 Å². The lowest BCUT2D eigenvalue weighted by Gasteiger charge is -2.11. The molecule has 162 valence electrons. The summed E-state index contributed by atoms with van der Waals surface area (Å²) in [7, 11) is 3.75. The molecule has 0 radical (unpaired) electrons. The molecule has 0 fully saturated rings. The topological polar surface area (TPSA) is 99.0 Å². The summed E-state index contributed by atoms with van der Waals surface area (Å²) in [6.45, 7) is 3.28. The molecular formula is C21H24ClN7O2. The quantitative estimate of drug-likeness (QED) is 0.400. The van der Waals surface area contributed by atoms with E-state index >= 15 is 0 Å². The van der Waals surface area contributed by atoms with E-state index in [0.29, 0.717) is 35.6 Å². The third-order valence-corrected chi connectivity index (χ3v) is 4.41. The average molecular weight is 442 g/mol. The van der Waals surface area contributed by atoms with Crippen LogP contribution in [0, 0.1) is 6.92 Å². The van der Waals surface area contributed by atoms with Crippen LogP contribution in [0.5, 0.6) is 17.4 Å². The molecule has 10 heteroatoms. The number of nitrogens with one attached hydrogen (secondary N) is 2. The third-order valence-electron chi connectivity index (χ3n) is 4.41. The number of anilines is 2. The Morgan fingerprint density at radius 3 is 2.68 bits per heavy atom. The minimum Gasteiger partial charge on any atom is -0.491 e. The Balaban J connectivity index is 0.00000272. The molecule has 9 nitrogen and oxygen atoms in total. The Morgan fingerprint density at radius 1 is 1.06 bits per heavy atom. The first-order chi connectivity index (χ1) is 14.6. The van der Waals surface area contributed by atoms with Crippen molar-refractivity contribution < 1.29 is 9.47 Å². The Bertz CT molecular complexity index is 1170. The van der Waals surface area contributed by atoms with Gasteiger partial charge >= 0.3 is 0 Å². The van der Waals surface area contributed by atoms with Gasteiger partial charge in [-0.25, -0.2) is 15.0 Å². The van der Waals surface area contributed by atoms with Crippen molar-refractivity contribution in [2.24, 2.45) is 7.05 Å². The fraction of sp³-hybridized carbons (Fsp3) is 0.238. The molecule has 3 aromatic heterocycles. The van der Waals surface area contributed by atoms with E-state index in [-0.39, 0.29) is 12.4 Å². The number of likely N-dealkylation sites (N-methyl/N-ethyl adjacent to an activating group) is 1. The number of hydrogen-bond donors (Lipinski definition) is 2. The molecule has 0 amide bonds. The predicted octanol–water partition coefficient (Wildman–Crippen LogP) is 3.62. The van der Waals surface area contributed by atoms with Crippen LogP contribution >= 0.6 is 12.4 Å². The summed E-state index contributed by atoms with van der Waals surface area (Å²) in [6, 6.07) is 9.43. The van der Waals surface area contributed by atoms with Crippen LogP contribution < -0.4 is 20.1 Å². The van der Waals surface area contributed by atoms with Crippen molar-refractivity contribution in [1.29, 1.82) is 0 Å². The lowest BCUT2D eigenvalue weighted by atomic mass is 10.2. The zero-order valence-corrected chi connectivity index (χ0v) is 18.3. The molecule has 0 spiro atoms. The molecule has 0 unspecified atom stereocenters. The van der Waals surface area contributed by atoms with E-state index < -0.39 is 0 Å². The first-order valence-electron chi connectivity index (χ1n) is 9.56. The molecule has 4 rings (SSSR count). The van der Waals surface area contributed by atoms with Gasteiger partial charge in [0.05, 0.1) is 11.7 Å². The van der Waals surface area contributed by atoms with Gasteiger partial charge in [-0.15, -0.1) is 12.4 Å². The number of ether oxygens (including phenoxy) is 2. The molecule has 0 bridgehead atoms. The van der Waals surface area contributed by atoms with E-state index in [1.54, 1.807) is 10.9 Å². The number of hydrogen-bond acceptors (Lipinski definition) is 8. The standard InChI is InChI=1S/C21H23N7O2.ClH/c1-14-10-16(29-9-7-22-2)12-23-21(14)30-15-4-5-18-17(11-15)20(25-13-24-18)26-19-6-8-28(3)27-19;/h4-6,8,10-13,22H,7,9H2,1-3H3,(H,24,25,26,27);1H. The summed E-state index contributed by atoms with van der Waals surface area (Å²) >= 11 is 0. The van der Waals surface area contributed by atoms with Crippen LogP contribution in [-0.4, -0.2) is 44.9 Å². The summed E-state index contributed by atoms with van der Waals surface area (Å²) < 4.78 is 13.4. The fourth-order valence-corrected chi connectivity index (χ4v) is 2.91. The zero-order valence-electron chi connectivity index (χ0n) is 17.5. The summed E-state index contributed by atoms with van der Waals surface area (Å²) in [5.41, 5.74) is 1.68. The zero-order chi connectivity index (χ0) is 20.9. The molecule has 4 aromatic rings. The highest BCUT2D eigenvalue weighted by atomic mass is 35.5. The summed E-state index contributed by atoms with van der Waals surface area (Å²) in [6.07, 6.45) is 5.05. The Kier molecular flexibility index (Phi) is 7.22. The van der Waals surface area contributed by atoms with Gasteiger partial charge in [0.2, 0.25) is 5.88 Å². The first-order valence-corrected chi connectivity index (χ1v) is 9.56. The van der Waals surface area contributed by atoms with E-state index in [0.717, 1.165) is 23.0 Å². The largest absolute Gasteiger partial charge is 0.491 e. The van der Waals surface area contributed by atoms with Crippen molar-refractivity contribution >= 4 is 34.9 Å². The Labute approximate surface area is 186 Å². The second-order valence-electron chi connectivity index (χ2n) is 6.75. The lowest BCUT2D eigenvalue weighted by Crippen LogP contribution is -2.16. The monoisotopic (exact) mass is 441 g/mol. The van der Waals surface area contributed by atoms with Crippen LogP contribution in [0.3, 0.4) is 0 Å². The minimum atomic E-state index is 0. The normalized spacial score (nSPS) is 10.5.